The lowest BCUT2D eigenvalue weighted by Gasteiger charge is -2.58. The minimum absolute atomic E-state index is 0.293. The van der Waals surface area contributed by atoms with Gasteiger partial charge in [-0.3, -0.25) is 0 Å². The summed E-state index contributed by atoms with van der Waals surface area (Å²) in [4.78, 5) is 2.46. The van der Waals surface area contributed by atoms with Crippen LogP contribution in [0.4, 0.5) is 0 Å². The topological polar surface area (TPSA) is 3.24 Å². The fourth-order valence-corrected chi connectivity index (χ4v) is 4.53. The summed E-state index contributed by atoms with van der Waals surface area (Å²) in [5, 5.41) is 0. The van der Waals surface area contributed by atoms with E-state index in [1.165, 1.54) is 22.7 Å². The smallest absolute Gasteiger partial charge is 0.0297 e. The Hall–Kier alpha value is 0.177. The van der Waals surface area contributed by atoms with Crippen molar-refractivity contribution >= 4 is 10.2 Å². The fraction of sp³-hybridized carbons (Fsp3) is 1.00. The van der Waals surface area contributed by atoms with Crippen molar-refractivity contribution in [3.05, 3.63) is 0 Å². The van der Waals surface area contributed by atoms with Gasteiger partial charge in [0.05, 0.1) is 0 Å². The van der Waals surface area contributed by atoms with E-state index in [0.717, 1.165) is 0 Å². The molecule has 15 heavy (non-hydrogen) atoms. The van der Waals surface area contributed by atoms with Crippen LogP contribution in [0.25, 0.3) is 0 Å². The molecule has 0 fully saturated rings. The quantitative estimate of drug-likeness (QED) is 0.672. The molecule has 92 valence electrons. The Labute approximate surface area is 100 Å². The van der Waals surface area contributed by atoms with Crippen LogP contribution in [0.5, 0.6) is 0 Å². The van der Waals surface area contributed by atoms with Gasteiger partial charge >= 0.3 is 0 Å². The van der Waals surface area contributed by atoms with E-state index in [1.807, 2.05) is 0 Å². The normalized spacial score (nSPS) is 15.0. The highest BCUT2D eigenvalue weighted by Gasteiger charge is 2.51. The minimum atomic E-state index is 0.293. The summed E-state index contributed by atoms with van der Waals surface area (Å²) in [6.45, 7) is 14.3. The van der Waals surface area contributed by atoms with E-state index in [1.54, 1.807) is 0 Å². The monoisotopic (exact) mass is 229 g/mol. The summed E-state index contributed by atoms with van der Waals surface area (Å²) in [5.41, 5.74) is 0.931. The minimum Gasteiger partial charge on any atom is -0.303 e. The van der Waals surface area contributed by atoms with Gasteiger partial charge in [-0.25, -0.2) is 0 Å². The zero-order valence-electron chi connectivity index (χ0n) is 12.4. The van der Waals surface area contributed by atoms with E-state index in [2.05, 4.69) is 60.5 Å². The zero-order valence-corrected chi connectivity index (χ0v) is 14.4. The van der Waals surface area contributed by atoms with Crippen molar-refractivity contribution in [1.29, 1.82) is 0 Å². The van der Waals surface area contributed by atoms with Crippen molar-refractivity contribution in [2.24, 2.45) is 10.8 Å². The molecule has 0 aromatic rings. The molecule has 0 bridgehead atoms. The third-order valence-electron chi connectivity index (χ3n) is 3.86. The highest BCUT2D eigenvalue weighted by molar-refractivity contribution is 6.08. The molecule has 0 aliphatic heterocycles. The average Bonchev–Trinajstić information content (AvgIpc) is 1.93. The van der Waals surface area contributed by atoms with Crippen LogP contribution in [-0.4, -0.2) is 34.8 Å². The molecule has 0 saturated carbocycles. The van der Waals surface area contributed by atoms with Crippen LogP contribution in [0.2, 0.25) is 6.04 Å². The summed E-state index contributed by atoms with van der Waals surface area (Å²) in [5.74, 6) is 0. The second-order valence-corrected chi connectivity index (χ2v) is 8.00. The van der Waals surface area contributed by atoms with Crippen LogP contribution < -0.4 is 0 Å². The van der Waals surface area contributed by atoms with E-state index in [9.17, 15) is 0 Å². The Morgan fingerprint density at radius 1 is 0.867 bits per heavy atom. The fourth-order valence-electron chi connectivity index (χ4n) is 3.80. The van der Waals surface area contributed by atoms with Gasteiger partial charge in [0.25, 0.3) is 0 Å². The van der Waals surface area contributed by atoms with E-state index in [4.69, 9.17) is 0 Å². The second kappa shape index (κ2) is 4.58. The molecule has 0 unspecified atom stereocenters. The molecule has 0 aliphatic rings. The van der Waals surface area contributed by atoms with Crippen LogP contribution >= 0.6 is 0 Å². The van der Waals surface area contributed by atoms with Gasteiger partial charge in [-0.1, -0.05) is 47.6 Å². The molecule has 0 aliphatic carbocycles. The van der Waals surface area contributed by atoms with E-state index in [0.29, 0.717) is 16.4 Å². The standard InChI is InChI=1S/C13H31NSi/c1-11(2,3)13(9-10-15,14(7)8)12(4,5)6/h9-10H2,1-8,15H3. The first-order chi connectivity index (χ1) is 6.50. The molecule has 2 heteroatoms. The highest BCUT2D eigenvalue weighted by Crippen LogP contribution is 2.49. The lowest BCUT2D eigenvalue weighted by molar-refractivity contribution is -0.0644. The van der Waals surface area contributed by atoms with Crippen molar-refractivity contribution in [1.82, 2.24) is 4.90 Å². The first-order valence-electron chi connectivity index (χ1n) is 6.18. The lowest BCUT2D eigenvalue weighted by Crippen LogP contribution is -2.62. The van der Waals surface area contributed by atoms with Crippen molar-refractivity contribution < 1.29 is 0 Å². The first kappa shape index (κ1) is 15.2. The predicted molar refractivity (Wildman–Crippen MR) is 74.7 cm³/mol. The van der Waals surface area contributed by atoms with Crippen LogP contribution in [0.1, 0.15) is 48.0 Å². The Morgan fingerprint density at radius 3 is 1.27 bits per heavy atom. The van der Waals surface area contributed by atoms with Gasteiger partial charge in [-0.15, -0.1) is 0 Å². The molecule has 0 aromatic carbocycles. The number of nitrogens with zero attached hydrogens (tertiary/aromatic N) is 1. The highest BCUT2D eigenvalue weighted by atomic mass is 28.1. The van der Waals surface area contributed by atoms with Crippen molar-refractivity contribution in [3.8, 4) is 0 Å². The number of rotatable bonds is 3. The second-order valence-electron chi connectivity index (χ2n) is 7.00. The largest absolute Gasteiger partial charge is 0.303 e. The van der Waals surface area contributed by atoms with Gasteiger partial charge in [0, 0.05) is 15.8 Å². The van der Waals surface area contributed by atoms with Crippen LogP contribution in [0.3, 0.4) is 0 Å². The number of hydrogen-bond donors (Lipinski definition) is 0. The third kappa shape index (κ3) is 2.65. The maximum Gasteiger partial charge on any atom is 0.0297 e. The van der Waals surface area contributed by atoms with Crippen molar-refractivity contribution in [3.63, 3.8) is 0 Å². The van der Waals surface area contributed by atoms with Crippen molar-refractivity contribution in [2.75, 3.05) is 14.1 Å². The zero-order chi connectivity index (χ0) is 12.5. The summed E-state index contributed by atoms with van der Waals surface area (Å²) in [7, 11) is 5.79. The number of hydrogen-bond acceptors (Lipinski definition) is 1. The molecule has 0 spiro atoms. The van der Waals surface area contributed by atoms with Gasteiger partial charge in [0.15, 0.2) is 0 Å². The lowest BCUT2D eigenvalue weighted by atomic mass is 9.58. The molecule has 0 N–H and O–H groups in total. The molecule has 0 atom stereocenters. The van der Waals surface area contributed by atoms with Crippen LogP contribution in [0.15, 0.2) is 0 Å². The van der Waals surface area contributed by atoms with Gasteiger partial charge < -0.3 is 4.90 Å². The molecular formula is C13H31NSi. The van der Waals surface area contributed by atoms with Gasteiger partial charge in [-0.2, -0.15) is 0 Å². The van der Waals surface area contributed by atoms with Gasteiger partial charge in [0.1, 0.15) is 0 Å². The van der Waals surface area contributed by atoms with Crippen molar-refractivity contribution in [2.45, 2.75) is 59.5 Å². The summed E-state index contributed by atoms with van der Waals surface area (Å²) >= 11 is 0. The Morgan fingerprint density at radius 2 is 1.20 bits per heavy atom. The summed E-state index contributed by atoms with van der Waals surface area (Å²) in [6, 6.07) is 1.38. The maximum atomic E-state index is 2.46. The molecule has 0 rings (SSSR count). The SMILES string of the molecule is CN(C)C(CC[SiH3])(C(C)(C)C)C(C)(C)C. The Kier molecular flexibility index (Phi) is 4.64. The third-order valence-corrected chi connectivity index (χ3v) is 4.36. The molecular weight excluding hydrogens is 198 g/mol. The summed E-state index contributed by atoms with van der Waals surface area (Å²) < 4.78 is 0. The average molecular weight is 229 g/mol. The molecule has 0 amide bonds. The van der Waals surface area contributed by atoms with Crippen LogP contribution in [0, 0.1) is 10.8 Å². The molecule has 0 heterocycles. The van der Waals surface area contributed by atoms with Gasteiger partial charge in [-0.05, 0) is 31.3 Å². The molecule has 1 nitrogen and oxygen atoms in total. The molecule has 0 radical (unpaired) electrons. The molecule has 0 aromatic heterocycles. The van der Waals surface area contributed by atoms with Gasteiger partial charge in [0.2, 0.25) is 0 Å². The van der Waals surface area contributed by atoms with E-state index >= 15 is 0 Å². The summed E-state index contributed by atoms with van der Waals surface area (Å²) in [6.07, 6.45) is 1.32. The predicted octanol–water partition coefficient (Wildman–Crippen LogP) is 2.55. The Balaban J connectivity index is 5.50. The maximum absolute atomic E-state index is 2.46. The Bertz CT molecular complexity index is 182. The van der Waals surface area contributed by atoms with Crippen LogP contribution in [-0.2, 0) is 0 Å². The van der Waals surface area contributed by atoms with E-state index in [-0.39, 0.29) is 0 Å². The van der Waals surface area contributed by atoms with E-state index < -0.39 is 0 Å². The first-order valence-corrected chi connectivity index (χ1v) is 7.59. The molecule has 0 saturated heterocycles.